The smallest absolute Gasteiger partial charge is 0.255 e. The first kappa shape index (κ1) is 12.7. The molecule has 0 N–H and O–H groups in total. The zero-order valence-electron chi connectivity index (χ0n) is 12.6. The van der Waals surface area contributed by atoms with Crippen LogP contribution >= 0.6 is 0 Å². The molecule has 1 atom stereocenters. The fourth-order valence-electron chi connectivity index (χ4n) is 3.90. The van der Waals surface area contributed by atoms with Gasteiger partial charge in [-0.15, -0.1) is 0 Å². The Balaban J connectivity index is 1.77. The van der Waals surface area contributed by atoms with E-state index in [0.717, 1.165) is 17.7 Å². The largest absolute Gasteiger partial charge is 0.345 e. The van der Waals surface area contributed by atoms with Crippen LogP contribution in [0.3, 0.4) is 0 Å². The highest BCUT2D eigenvalue weighted by atomic mass is 16.2. The molecule has 1 aromatic heterocycles. The number of fused-ring (bicyclic) bond motifs is 6. The second-order valence-electron chi connectivity index (χ2n) is 6.25. The number of hydrogen-bond donors (Lipinski definition) is 0. The fourth-order valence-corrected chi connectivity index (χ4v) is 3.90. The van der Waals surface area contributed by atoms with Crippen molar-refractivity contribution in [1.29, 1.82) is 0 Å². The van der Waals surface area contributed by atoms with Crippen molar-refractivity contribution in [3.05, 3.63) is 94.8 Å². The zero-order chi connectivity index (χ0) is 15.4. The molecule has 0 saturated heterocycles. The molecule has 0 radical (unpaired) electrons. The van der Waals surface area contributed by atoms with Crippen LogP contribution in [0, 0.1) is 0 Å². The number of carbonyl (C=O) groups is 1. The Hall–Kier alpha value is -2.81. The molecule has 0 fully saturated rings. The summed E-state index contributed by atoms with van der Waals surface area (Å²) in [5.74, 6) is 0.134. The van der Waals surface area contributed by atoms with Gasteiger partial charge in [0.15, 0.2) is 0 Å². The molecule has 0 spiro atoms. The van der Waals surface area contributed by atoms with Gasteiger partial charge in [-0.3, -0.25) is 4.79 Å². The number of amides is 1. The van der Waals surface area contributed by atoms with Crippen molar-refractivity contribution in [2.24, 2.45) is 0 Å². The third-order valence-corrected chi connectivity index (χ3v) is 5.00. The molecule has 5 rings (SSSR count). The predicted molar refractivity (Wildman–Crippen MR) is 88.1 cm³/mol. The first-order valence-electron chi connectivity index (χ1n) is 7.94. The molecular formula is C20H16N2O. The van der Waals surface area contributed by atoms with Crippen molar-refractivity contribution in [2.75, 3.05) is 0 Å². The van der Waals surface area contributed by atoms with E-state index in [1.165, 1.54) is 16.8 Å². The van der Waals surface area contributed by atoms with Crippen LogP contribution in [0.1, 0.15) is 38.8 Å². The van der Waals surface area contributed by atoms with E-state index < -0.39 is 0 Å². The molecule has 3 aromatic rings. The molecule has 3 heteroatoms. The lowest BCUT2D eigenvalue weighted by atomic mass is 10.00. The molecular weight excluding hydrogens is 284 g/mol. The molecule has 3 heterocycles. The average Bonchev–Trinajstić information content (AvgIpc) is 3.11. The standard InChI is InChI=1S/C20H16N2O/c23-20-17-9-4-3-8-16(17)19-18-10-5-11-21(18)12-14-6-1-2-7-15(14)13-22(19)20/h1-11,19H,12-13H2. The SMILES string of the molecule is O=C1c2ccccc2C2c3cccn3Cc3ccccc3CN12. The Labute approximate surface area is 134 Å². The van der Waals surface area contributed by atoms with Gasteiger partial charge in [0.2, 0.25) is 0 Å². The lowest BCUT2D eigenvalue weighted by Crippen LogP contribution is -2.31. The Kier molecular flexibility index (Phi) is 2.54. The number of rotatable bonds is 0. The number of hydrogen-bond acceptors (Lipinski definition) is 1. The molecule has 23 heavy (non-hydrogen) atoms. The quantitative estimate of drug-likeness (QED) is 0.623. The Morgan fingerprint density at radius 3 is 2.43 bits per heavy atom. The number of aromatic nitrogens is 1. The van der Waals surface area contributed by atoms with Crippen LogP contribution in [-0.4, -0.2) is 15.4 Å². The summed E-state index contributed by atoms with van der Waals surface area (Å²) in [5, 5.41) is 0. The third-order valence-electron chi connectivity index (χ3n) is 5.00. The van der Waals surface area contributed by atoms with Crippen LogP contribution in [0.2, 0.25) is 0 Å². The van der Waals surface area contributed by atoms with Gasteiger partial charge in [0.1, 0.15) is 0 Å². The highest BCUT2D eigenvalue weighted by Gasteiger charge is 2.39. The van der Waals surface area contributed by atoms with Crippen molar-refractivity contribution in [2.45, 2.75) is 19.1 Å². The second-order valence-corrected chi connectivity index (χ2v) is 6.25. The summed E-state index contributed by atoms with van der Waals surface area (Å²) >= 11 is 0. The maximum Gasteiger partial charge on any atom is 0.255 e. The topological polar surface area (TPSA) is 25.2 Å². The van der Waals surface area contributed by atoms with Crippen LogP contribution in [0.25, 0.3) is 0 Å². The highest BCUT2D eigenvalue weighted by molar-refractivity contribution is 5.99. The van der Waals surface area contributed by atoms with E-state index in [0.29, 0.717) is 6.54 Å². The summed E-state index contributed by atoms with van der Waals surface area (Å²) < 4.78 is 2.27. The van der Waals surface area contributed by atoms with Gasteiger partial charge in [-0.25, -0.2) is 0 Å². The van der Waals surface area contributed by atoms with Crippen LogP contribution in [-0.2, 0) is 13.1 Å². The molecule has 0 aliphatic carbocycles. The monoisotopic (exact) mass is 300 g/mol. The van der Waals surface area contributed by atoms with Crippen molar-refractivity contribution in [3.8, 4) is 0 Å². The van der Waals surface area contributed by atoms with E-state index in [2.05, 4.69) is 53.2 Å². The summed E-state index contributed by atoms with van der Waals surface area (Å²) in [5.41, 5.74) is 5.67. The van der Waals surface area contributed by atoms with E-state index in [4.69, 9.17) is 0 Å². The lowest BCUT2D eigenvalue weighted by Gasteiger charge is -2.30. The number of nitrogens with zero attached hydrogens (tertiary/aromatic N) is 2. The third kappa shape index (κ3) is 1.73. The van der Waals surface area contributed by atoms with Gasteiger partial charge in [0.25, 0.3) is 5.91 Å². The summed E-state index contributed by atoms with van der Waals surface area (Å²) in [7, 11) is 0. The van der Waals surface area contributed by atoms with E-state index in [1.54, 1.807) is 0 Å². The van der Waals surface area contributed by atoms with Crippen molar-refractivity contribution < 1.29 is 4.79 Å². The molecule has 3 nitrogen and oxygen atoms in total. The minimum Gasteiger partial charge on any atom is -0.345 e. The van der Waals surface area contributed by atoms with Gasteiger partial charge in [-0.2, -0.15) is 0 Å². The molecule has 2 aliphatic heterocycles. The highest BCUT2D eigenvalue weighted by Crippen LogP contribution is 2.41. The van der Waals surface area contributed by atoms with Gasteiger partial charge in [0, 0.05) is 30.5 Å². The average molecular weight is 300 g/mol. The molecule has 0 bridgehead atoms. The first-order valence-corrected chi connectivity index (χ1v) is 7.94. The van der Waals surface area contributed by atoms with Crippen LogP contribution in [0.5, 0.6) is 0 Å². The Bertz CT molecular complexity index is 925. The first-order chi connectivity index (χ1) is 11.3. The molecule has 2 aliphatic rings. The van der Waals surface area contributed by atoms with E-state index in [9.17, 15) is 4.79 Å². The summed E-state index contributed by atoms with van der Waals surface area (Å²) in [4.78, 5) is 15.0. The van der Waals surface area contributed by atoms with E-state index in [1.807, 2.05) is 23.1 Å². The van der Waals surface area contributed by atoms with Crippen LogP contribution in [0.15, 0.2) is 66.9 Å². The Morgan fingerprint density at radius 1 is 0.826 bits per heavy atom. The molecule has 112 valence electrons. The van der Waals surface area contributed by atoms with E-state index in [-0.39, 0.29) is 11.9 Å². The second kappa shape index (κ2) is 4.59. The van der Waals surface area contributed by atoms with Crippen LogP contribution in [0.4, 0.5) is 0 Å². The summed E-state index contributed by atoms with van der Waals surface area (Å²) in [6.45, 7) is 1.53. The molecule has 1 amide bonds. The van der Waals surface area contributed by atoms with Crippen LogP contribution < -0.4 is 0 Å². The normalized spacial score (nSPS) is 18.5. The van der Waals surface area contributed by atoms with Crippen molar-refractivity contribution in [1.82, 2.24) is 9.47 Å². The molecule has 2 aromatic carbocycles. The maximum atomic E-state index is 13.0. The number of carbonyl (C=O) groups excluding carboxylic acids is 1. The lowest BCUT2D eigenvalue weighted by molar-refractivity contribution is 0.0728. The maximum absolute atomic E-state index is 13.0. The predicted octanol–water partition coefficient (Wildman–Crippen LogP) is 3.60. The Morgan fingerprint density at radius 2 is 1.57 bits per heavy atom. The minimum atomic E-state index is 0.0158. The van der Waals surface area contributed by atoms with Crippen molar-refractivity contribution >= 4 is 5.91 Å². The molecule has 1 unspecified atom stereocenters. The summed E-state index contributed by atoms with van der Waals surface area (Å²) in [6, 6.07) is 20.7. The van der Waals surface area contributed by atoms with Crippen molar-refractivity contribution in [3.63, 3.8) is 0 Å². The fraction of sp³-hybridized carbons (Fsp3) is 0.150. The summed E-state index contributed by atoms with van der Waals surface area (Å²) in [6.07, 6.45) is 2.11. The van der Waals surface area contributed by atoms with Gasteiger partial charge in [-0.05, 0) is 34.9 Å². The van der Waals surface area contributed by atoms with Gasteiger partial charge >= 0.3 is 0 Å². The number of benzene rings is 2. The van der Waals surface area contributed by atoms with Gasteiger partial charge in [-0.1, -0.05) is 42.5 Å². The minimum absolute atomic E-state index is 0.0158. The van der Waals surface area contributed by atoms with Gasteiger partial charge in [0.05, 0.1) is 6.04 Å². The van der Waals surface area contributed by atoms with Gasteiger partial charge < -0.3 is 9.47 Å². The van der Waals surface area contributed by atoms with E-state index >= 15 is 0 Å². The molecule has 0 saturated carbocycles. The zero-order valence-corrected chi connectivity index (χ0v) is 12.6.